The minimum absolute atomic E-state index is 0.0399. The van der Waals surface area contributed by atoms with Gasteiger partial charge in [-0.25, -0.2) is 4.68 Å². The van der Waals surface area contributed by atoms with E-state index in [1.807, 2.05) is 59.3 Å². The number of rotatable bonds is 7. The molecule has 0 unspecified atom stereocenters. The van der Waals surface area contributed by atoms with Crippen molar-refractivity contribution in [2.24, 2.45) is 0 Å². The largest absolute Gasteiger partial charge is 0.354 e. The Hall–Kier alpha value is -3.22. The molecule has 0 aliphatic carbocycles. The van der Waals surface area contributed by atoms with Crippen molar-refractivity contribution in [2.45, 2.75) is 25.3 Å². The van der Waals surface area contributed by atoms with E-state index in [1.165, 1.54) is 0 Å². The van der Waals surface area contributed by atoms with Crippen LogP contribution in [-0.4, -0.2) is 51.3 Å². The lowest BCUT2D eigenvalue weighted by Crippen LogP contribution is -2.38. The van der Waals surface area contributed by atoms with Gasteiger partial charge in [0.15, 0.2) is 0 Å². The van der Waals surface area contributed by atoms with E-state index in [0.29, 0.717) is 26.1 Å². The number of carbonyl (C=O) groups is 2. The van der Waals surface area contributed by atoms with Crippen LogP contribution in [0.15, 0.2) is 54.6 Å². The van der Waals surface area contributed by atoms with E-state index in [4.69, 9.17) is 0 Å². The number of aryl methyl sites for hydroxylation is 1. The summed E-state index contributed by atoms with van der Waals surface area (Å²) >= 11 is 0. The average Bonchev–Trinajstić information content (AvgIpc) is 3.30. The Kier molecular flexibility index (Phi) is 5.32. The molecule has 1 aliphatic rings. The number of nitrogens with zero attached hydrogens (tertiary/aromatic N) is 4. The Morgan fingerprint density at radius 1 is 1.11 bits per heavy atom. The first kappa shape index (κ1) is 18.2. The summed E-state index contributed by atoms with van der Waals surface area (Å²) in [6.07, 6.45) is 1.22. The smallest absolute Gasteiger partial charge is 0.239 e. The summed E-state index contributed by atoms with van der Waals surface area (Å²) in [6.45, 7) is 1.94. The van der Waals surface area contributed by atoms with E-state index < -0.39 is 0 Å². The second-order valence-electron chi connectivity index (χ2n) is 7.09. The number of carbonyl (C=O) groups excluding carboxylic acids is 2. The van der Waals surface area contributed by atoms with E-state index >= 15 is 0 Å². The predicted molar refractivity (Wildman–Crippen MR) is 106 cm³/mol. The Morgan fingerprint density at radius 3 is 2.75 bits per heavy atom. The third kappa shape index (κ3) is 4.03. The summed E-state index contributed by atoms with van der Waals surface area (Å²) in [4.78, 5) is 26.1. The quantitative estimate of drug-likeness (QED) is 0.638. The van der Waals surface area contributed by atoms with E-state index in [0.717, 1.165) is 23.0 Å². The molecule has 28 heavy (non-hydrogen) atoms. The molecule has 0 radical (unpaired) electrons. The molecule has 0 bridgehead atoms. The number of hydrogen-bond donors (Lipinski definition) is 1. The molecule has 1 aromatic heterocycles. The van der Waals surface area contributed by atoms with Crippen molar-refractivity contribution < 1.29 is 9.59 Å². The zero-order chi connectivity index (χ0) is 19.3. The molecule has 2 amide bonds. The van der Waals surface area contributed by atoms with E-state index in [1.54, 1.807) is 4.90 Å². The van der Waals surface area contributed by atoms with Gasteiger partial charge < -0.3 is 10.2 Å². The van der Waals surface area contributed by atoms with Gasteiger partial charge in [0.25, 0.3) is 0 Å². The normalized spacial score (nSPS) is 16.6. The lowest BCUT2D eigenvalue weighted by Gasteiger charge is -2.16. The van der Waals surface area contributed by atoms with Gasteiger partial charge in [-0.3, -0.25) is 9.59 Å². The maximum Gasteiger partial charge on any atom is 0.239 e. The molecule has 2 aromatic carbocycles. The Labute approximate surface area is 163 Å². The van der Waals surface area contributed by atoms with Crippen molar-refractivity contribution in [2.75, 3.05) is 19.6 Å². The highest BCUT2D eigenvalue weighted by molar-refractivity contribution is 5.86. The molecule has 7 nitrogen and oxygen atoms in total. The van der Waals surface area contributed by atoms with Crippen LogP contribution in [0.2, 0.25) is 0 Å². The van der Waals surface area contributed by atoms with Gasteiger partial charge in [-0.15, -0.1) is 5.10 Å². The van der Waals surface area contributed by atoms with Gasteiger partial charge in [-0.2, -0.15) is 0 Å². The molecular weight excluding hydrogens is 354 g/mol. The van der Waals surface area contributed by atoms with Crippen molar-refractivity contribution in [3.05, 3.63) is 60.2 Å². The maximum atomic E-state index is 12.2. The molecular formula is C21H23N5O2. The minimum atomic E-state index is -0.120. The van der Waals surface area contributed by atoms with Gasteiger partial charge in [0.1, 0.15) is 5.52 Å². The van der Waals surface area contributed by atoms with E-state index in [9.17, 15) is 9.59 Å². The highest BCUT2D eigenvalue weighted by atomic mass is 16.2. The molecule has 1 saturated heterocycles. The standard InChI is InChI=1S/C21H23N5O2/c27-20(15-25-14-17(13-21(25)28)16-7-2-1-3-8-16)22-11-6-12-26-19-10-5-4-9-18(19)23-24-26/h1-5,7-10,17H,6,11-15H2,(H,22,27)/t17-/m0/s1. The fourth-order valence-corrected chi connectivity index (χ4v) is 3.64. The summed E-state index contributed by atoms with van der Waals surface area (Å²) in [5.74, 6) is 0.0886. The Balaban J connectivity index is 1.22. The fourth-order valence-electron chi connectivity index (χ4n) is 3.64. The van der Waals surface area contributed by atoms with Crippen molar-refractivity contribution in [3.8, 4) is 0 Å². The average molecular weight is 377 g/mol. The van der Waals surface area contributed by atoms with E-state index in [2.05, 4.69) is 15.6 Å². The molecule has 1 fully saturated rings. The van der Waals surface area contributed by atoms with Crippen molar-refractivity contribution in [1.29, 1.82) is 0 Å². The summed E-state index contributed by atoms with van der Waals surface area (Å²) in [7, 11) is 0. The first-order valence-corrected chi connectivity index (χ1v) is 9.58. The highest BCUT2D eigenvalue weighted by Crippen LogP contribution is 2.27. The van der Waals surface area contributed by atoms with Crippen molar-refractivity contribution >= 4 is 22.8 Å². The monoisotopic (exact) mass is 377 g/mol. The van der Waals surface area contributed by atoms with Crippen LogP contribution in [-0.2, 0) is 16.1 Å². The third-order valence-electron chi connectivity index (χ3n) is 5.11. The molecule has 1 aliphatic heterocycles. The van der Waals surface area contributed by atoms with Crippen LogP contribution in [0.3, 0.4) is 0 Å². The fraction of sp³-hybridized carbons (Fsp3) is 0.333. The molecule has 144 valence electrons. The predicted octanol–water partition coefficient (Wildman–Crippen LogP) is 1.95. The zero-order valence-corrected chi connectivity index (χ0v) is 15.6. The topological polar surface area (TPSA) is 80.1 Å². The number of amides is 2. The summed E-state index contributed by atoms with van der Waals surface area (Å²) in [6, 6.07) is 17.8. The first-order chi connectivity index (χ1) is 13.7. The second kappa shape index (κ2) is 8.21. The van der Waals surface area contributed by atoms with Gasteiger partial charge in [-0.05, 0) is 24.1 Å². The number of nitrogens with one attached hydrogen (secondary N) is 1. The Morgan fingerprint density at radius 2 is 1.89 bits per heavy atom. The van der Waals surface area contributed by atoms with Gasteiger partial charge in [0, 0.05) is 32.0 Å². The summed E-state index contributed by atoms with van der Waals surface area (Å²) in [5, 5.41) is 11.2. The van der Waals surface area contributed by atoms with Crippen LogP contribution in [0.25, 0.3) is 11.0 Å². The number of likely N-dealkylation sites (tertiary alicyclic amines) is 1. The minimum Gasteiger partial charge on any atom is -0.354 e. The maximum absolute atomic E-state index is 12.2. The SMILES string of the molecule is O=C(CN1C[C@@H](c2ccccc2)CC1=O)NCCCn1nnc2ccccc21. The zero-order valence-electron chi connectivity index (χ0n) is 15.6. The van der Waals surface area contributed by atoms with Gasteiger partial charge in [0.05, 0.1) is 12.1 Å². The summed E-state index contributed by atoms with van der Waals surface area (Å²) in [5.41, 5.74) is 3.01. The van der Waals surface area contributed by atoms with Gasteiger partial charge >= 0.3 is 0 Å². The molecule has 7 heteroatoms. The van der Waals surface area contributed by atoms with E-state index in [-0.39, 0.29) is 24.3 Å². The number of fused-ring (bicyclic) bond motifs is 1. The van der Waals surface area contributed by atoms with Crippen molar-refractivity contribution in [1.82, 2.24) is 25.2 Å². The van der Waals surface area contributed by atoms with Crippen molar-refractivity contribution in [3.63, 3.8) is 0 Å². The number of benzene rings is 2. The van der Waals surface area contributed by atoms with Crippen LogP contribution in [0.4, 0.5) is 0 Å². The number of para-hydroxylation sites is 1. The first-order valence-electron chi connectivity index (χ1n) is 9.58. The number of hydrogen-bond acceptors (Lipinski definition) is 4. The Bertz CT molecular complexity index is 969. The van der Waals surface area contributed by atoms with Crippen LogP contribution in [0.1, 0.15) is 24.3 Å². The van der Waals surface area contributed by atoms with Crippen LogP contribution >= 0.6 is 0 Å². The molecule has 1 atom stereocenters. The summed E-state index contributed by atoms with van der Waals surface area (Å²) < 4.78 is 1.84. The lowest BCUT2D eigenvalue weighted by atomic mass is 9.99. The molecule has 1 N–H and O–H groups in total. The molecule has 0 spiro atoms. The molecule has 4 rings (SSSR count). The lowest BCUT2D eigenvalue weighted by molar-refractivity contribution is -0.133. The van der Waals surface area contributed by atoms with Gasteiger partial charge in [0.2, 0.25) is 11.8 Å². The highest BCUT2D eigenvalue weighted by Gasteiger charge is 2.31. The second-order valence-corrected chi connectivity index (χ2v) is 7.09. The number of aromatic nitrogens is 3. The van der Waals surface area contributed by atoms with Crippen LogP contribution < -0.4 is 5.32 Å². The van der Waals surface area contributed by atoms with Gasteiger partial charge in [-0.1, -0.05) is 47.7 Å². The third-order valence-corrected chi connectivity index (χ3v) is 5.11. The van der Waals surface area contributed by atoms with Crippen LogP contribution in [0, 0.1) is 0 Å². The molecule has 0 saturated carbocycles. The van der Waals surface area contributed by atoms with Crippen LogP contribution in [0.5, 0.6) is 0 Å². The molecule has 3 aromatic rings. The molecule has 2 heterocycles.